The second-order valence-electron chi connectivity index (χ2n) is 12.0. The molecule has 0 saturated carbocycles. The highest BCUT2D eigenvalue weighted by Gasteiger charge is 2.33. The Morgan fingerprint density at radius 1 is 0.479 bits per heavy atom. The number of para-hydroxylation sites is 6. The quantitative estimate of drug-likeness (QED) is 0.186. The van der Waals surface area contributed by atoms with Crippen molar-refractivity contribution in [2.45, 2.75) is 0 Å². The van der Waals surface area contributed by atoms with Crippen molar-refractivity contribution < 1.29 is 4.42 Å². The molecular formula is C42H25BrN4O. The maximum atomic E-state index is 6.16. The van der Waals surface area contributed by atoms with Gasteiger partial charge in [-0.1, -0.05) is 101 Å². The standard InChI is InChI=1S/C42H25BrN4O/c43-31-15-9-11-26-12-10-21-37(40(26)31)46-33-17-4-6-19-35(33)47(36-20-7-5-18-34(36)46)42-44-32-16-3-1-14-29(32)41(45-42)27-23-24-39-30(25-27)28-13-2-8-22-38(28)48-39/h1-25H. The van der Waals surface area contributed by atoms with Crippen LogP contribution < -0.4 is 9.80 Å². The molecule has 3 heterocycles. The number of fused-ring (bicyclic) bond motifs is 7. The van der Waals surface area contributed by atoms with Crippen molar-refractivity contribution in [3.05, 3.63) is 156 Å². The molecule has 1 aliphatic rings. The molecule has 0 unspecified atom stereocenters. The van der Waals surface area contributed by atoms with Crippen molar-refractivity contribution >= 4 is 93.9 Å². The lowest BCUT2D eigenvalue weighted by Crippen LogP contribution is -2.25. The van der Waals surface area contributed by atoms with Crippen LogP contribution in [0.4, 0.5) is 34.4 Å². The first kappa shape index (κ1) is 27.2. The molecule has 10 rings (SSSR count). The Morgan fingerprint density at radius 3 is 1.85 bits per heavy atom. The first-order valence-corrected chi connectivity index (χ1v) is 16.7. The molecular weight excluding hydrogens is 656 g/mol. The monoisotopic (exact) mass is 680 g/mol. The van der Waals surface area contributed by atoms with Crippen LogP contribution in [0.5, 0.6) is 0 Å². The number of nitrogens with zero attached hydrogens (tertiary/aromatic N) is 4. The van der Waals surface area contributed by atoms with Crippen molar-refractivity contribution in [1.29, 1.82) is 0 Å². The molecule has 226 valence electrons. The van der Waals surface area contributed by atoms with Crippen LogP contribution in [0.25, 0.3) is 54.9 Å². The summed E-state index contributed by atoms with van der Waals surface area (Å²) >= 11 is 3.86. The van der Waals surface area contributed by atoms with Crippen molar-refractivity contribution in [1.82, 2.24) is 9.97 Å². The van der Waals surface area contributed by atoms with E-state index in [4.69, 9.17) is 14.4 Å². The molecule has 7 aromatic carbocycles. The summed E-state index contributed by atoms with van der Waals surface area (Å²) in [6, 6.07) is 52.6. The smallest absolute Gasteiger partial charge is 0.235 e. The average molecular weight is 682 g/mol. The fourth-order valence-electron chi connectivity index (χ4n) is 7.14. The van der Waals surface area contributed by atoms with E-state index in [0.29, 0.717) is 5.95 Å². The van der Waals surface area contributed by atoms with E-state index in [-0.39, 0.29) is 0 Å². The average Bonchev–Trinajstić information content (AvgIpc) is 3.51. The zero-order valence-corrected chi connectivity index (χ0v) is 27.1. The Hall–Kier alpha value is -5.98. The lowest BCUT2D eigenvalue weighted by Gasteiger charge is -2.39. The fraction of sp³-hybridized carbons (Fsp3) is 0. The molecule has 2 aromatic heterocycles. The third kappa shape index (κ3) is 4.03. The SMILES string of the molecule is Brc1cccc2cccc(N3c4ccccc4N(c4nc(-c5ccc6oc7ccccc7c6c5)c5ccccc5n4)c4ccccc43)c12. The molecule has 0 amide bonds. The van der Waals surface area contributed by atoms with Gasteiger partial charge in [0.05, 0.1) is 39.6 Å². The van der Waals surface area contributed by atoms with Crippen LogP contribution in [-0.2, 0) is 0 Å². The second-order valence-corrected chi connectivity index (χ2v) is 12.8. The zero-order chi connectivity index (χ0) is 31.8. The molecule has 1 aliphatic heterocycles. The molecule has 5 nitrogen and oxygen atoms in total. The van der Waals surface area contributed by atoms with Gasteiger partial charge < -0.3 is 9.32 Å². The van der Waals surface area contributed by atoms with Gasteiger partial charge in [-0.25, -0.2) is 9.97 Å². The third-order valence-electron chi connectivity index (χ3n) is 9.24. The molecule has 0 saturated heterocycles. The normalized spacial score (nSPS) is 12.6. The Kier molecular flexibility index (Phi) is 5.95. The molecule has 0 N–H and O–H groups in total. The summed E-state index contributed by atoms with van der Waals surface area (Å²) in [5.41, 5.74) is 9.68. The number of anilines is 6. The zero-order valence-electron chi connectivity index (χ0n) is 25.5. The van der Waals surface area contributed by atoms with Crippen LogP contribution in [0.3, 0.4) is 0 Å². The lowest BCUT2D eigenvalue weighted by atomic mass is 10.0. The summed E-state index contributed by atoms with van der Waals surface area (Å²) in [7, 11) is 0. The molecule has 9 aromatic rings. The van der Waals surface area contributed by atoms with E-state index in [9.17, 15) is 0 Å². The number of hydrogen-bond donors (Lipinski definition) is 0. The summed E-state index contributed by atoms with van der Waals surface area (Å²) in [6.45, 7) is 0. The minimum Gasteiger partial charge on any atom is -0.456 e. The minimum absolute atomic E-state index is 0.611. The van der Waals surface area contributed by atoms with E-state index >= 15 is 0 Å². The number of hydrogen-bond acceptors (Lipinski definition) is 5. The van der Waals surface area contributed by atoms with Crippen LogP contribution in [0.2, 0.25) is 0 Å². The summed E-state index contributed by atoms with van der Waals surface area (Å²) < 4.78 is 7.21. The highest BCUT2D eigenvalue weighted by Crippen LogP contribution is 2.55. The van der Waals surface area contributed by atoms with Crippen molar-refractivity contribution in [2.75, 3.05) is 9.80 Å². The largest absolute Gasteiger partial charge is 0.456 e. The summed E-state index contributed by atoms with van der Waals surface area (Å²) in [4.78, 5) is 15.2. The maximum absolute atomic E-state index is 6.16. The van der Waals surface area contributed by atoms with Gasteiger partial charge in [0.15, 0.2) is 0 Å². The summed E-state index contributed by atoms with van der Waals surface area (Å²) in [6.07, 6.45) is 0. The molecule has 0 radical (unpaired) electrons. The lowest BCUT2D eigenvalue weighted by molar-refractivity contribution is 0.669. The van der Waals surface area contributed by atoms with E-state index in [1.807, 2.05) is 36.4 Å². The highest BCUT2D eigenvalue weighted by molar-refractivity contribution is 9.10. The molecule has 0 bridgehead atoms. The summed E-state index contributed by atoms with van der Waals surface area (Å²) in [5, 5.41) is 5.48. The summed E-state index contributed by atoms with van der Waals surface area (Å²) in [5.74, 6) is 0.611. The highest BCUT2D eigenvalue weighted by atomic mass is 79.9. The van der Waals surface area contributed by atoms with Gasteiger partial charge in [-0.05, 0) is 72.1 Å². The second kappa shape index (κ2) is 10.5. The fourth-order valence-corrected chi connectivity index (χ4v) is 7.72. The van der Waals surface area contributed by atoms with E-state index in [2.05, 4.69) is 141 Å². The minimum atomic E-state index is 0.611. The van der Waals surface area contributed by atoms with E-state index in [0.717, 1.165) is 82.4 Å². The van der Waals surface area contributed by atoms with E-state index in [1.54, 1.807) is 0 Å². The van der Waals surface area contributed by atoms with Gasteiger partial charge in [0, 0.05) is 31.6 Å². The van der Waals surface area contributed by atoms with Gasteiger partial charge in [-0.15, -0.1) is 0 Å². The van der Waals surface area contributed by atoms with Gasteiger partial charge in [-0.3, -0.25) is 4.90 Å². The van der Waals surface area contributed by atoms with Crippen molar-refractivity contribution in [3.8, 4) is 11.3 Å². The molecule has 0 spiro atoms. The molecule has 0 aliphatic carbocycles. The number of furan rings is 1. The third-order valence-corrected chi connectivity index (χ3v) is 9.90. The van der Waals surface area contributed by atoms with Gasteiger partial charge in [-0.2, -0.15) is 0 Å². The molecule has 0 atom stereocenters. The number of rotatable bonds is 3. The molecule has 0 fully saturated rings. The van der Waals surface area contributed by atoms with Crippen molar-refractivity contribution in [3.63, 3.8) is 0 Å². The van der Waals surface area contributed by atoms with Crippen LogP contribution >= 0.6 is 15.9 Å². The van der Waals surface area contributed by atoms with Gasteiger partial charge in [0.2, 0.25) is 5.95 Å². The van der Waals surface area contributed by atoms with Crippen LogP contribution in [-0.4, -0.2) is 9.97 Å². The topological polar surface area (TPSA) is 45.4 Å². The predicted octanol–water partition coefficient (Wildman–Crippen LogP) is 12.4. The maximum Gasteiger partial charge on any atom is 0.235 e. The van der Waals surface area contributed by atoms with Crippen LogP contribution in [0.1, 0.15) is 0 Å². The first-order chi connectivity index (χ1) is 23.7. The van der Waals surface area contributed by atoms with E-state index in [1.165, 1.54) is 5.39 Å². The van der Waals surface area contributed by atoms with Crippen LogP contribution in [0.15, 0.2) is 161 Å². The Labute approximate surface area is 284 Å². The Balaban J connectivity index is 1.22. The van der Waals surface area contributed by atoms with Gasteiger partial charge >= 0.3 is 0 Å². The van der Waals surface area contributed by atoms with Crippen LogP contribution in [0, 0.1) is 0 Å². The van der Waals surface area contributed by atoms with Gasteiger partial charge in [0.25, 0.3) is 0 Å². The Bertz CT molecular complexity index is 2680. The molecule has 48 heavy (non-hydrogen) atoms. The van der Waals surface area contributed by atoms with Crippen molar-refractivity contribution in [2.24, 2.45) is 0 Å². The molecule has 6 heteroatoms. The number of halogens is 1. The number of benzene rings is 7. The van der Waals surface area contributed by atoms with Gasteiger partial charge in [0.1, 0.15) is 11.2 Å². The Morgan fingerprint density at radius 2 is 1.08 bits per heavy atom. The predicted molar refractivity (Wildman–Crippen MR) is 200 cm³/mol. The first-order valence-electron chi connectivity index (χ1n) is 15.9. The van der Waals surface area contributed by atoms with E-state index < -0.39 is 0 Å². The number of aromatic nitrogens is 2.